The molecule has 2 rings (SSSR count). The van der Waals surface area contributed by atoms with E-state index in [0.717, 1.165) is 17.5 Å². The summed E-state index contributed by atoms with van der Waals surface area (Å²) in [6.07, 6.45) is 3.52. The highest BCUT2D eigenvalue weighted by Gasteiger charge is 2.08. The molecule has 0 unspecified atom stereocenters. The predicted octanol–water partition coefficient (Wildman–Crippen LogP) is 4.86. The number of ketones is 2. The van der Waals surface area contributed by atoms with Crippen molar-refractivity contribution < 1.29 is 9.59 Å². The Morgan fingerprint density at radius 2 is 1.41 bits per heavy atom. The molecule has 0 heterocycles. The number of benzene rings is 2. The molecule has 0 aliphatic rings. The van der Waals surface area contributed by atoms with Gasteiger partial charge in [0.1, 0.15) is 5.78 Å². The number of hydrogen-bond donors (Lipinski definition) is 0. The molecular formula is C20H22O2. The van der Waals surface area contributed by atoms with Gasteiger partial charge in [0.15, 0.2) is 5.78 Å². The third-order valence-corrected chi connectivity index (χ3v) is 3.72. The molecule has 0 amide bonds. The third kappa shape index (κ3) is 4.39. The quantitative estimate of drug-likeness (QED) is 0.540. The first-order valence-corrected chi connectivity index (χ1v) is 7.82. The van der Waals surface area contributed by atoms with Crippen LogP contribution in [0, 0.1) is 0 Å². The molecule has 0 fully saturated rings. The van der Waals surface area contributed by atoms with Gasteiger partial charge in [-0.15, -0.1) is 0 Å². The van der Waals surface area contributed by atoms with Gasteiger partial charge in [-0.05, 0) is 36.5 Å². The van der Waals surface area contributed by atoms with E-state index in [1.165, 1.54) is 25.3 Å². The number of carbonyl (C=O) groups is 2. The minimum atomic E-state index is -0.117. The van der Waals surface area contributed by atoms with Crippen LogP contribution in [0.1, 0.15) is 49.0 Å². The van der Waals surface area contributed by atoms with Gasteiger partial charge in [0.2, 0.25) is 0 Å². The lowest BCUT2D eigenvalue weighted by molar-refractivity contribution is -0.116. The average Bonchev–Trinajstić information content (AvgIpc) is 2.53. The number of carbonyl (C=O) groups excluding carboxylic acids is 2. The van der Waals surface area contributed by atoms with Crippen molar-refractivity contribution in [3.63, 3.8) is 0 Å². The second-order valence-electron chi connectivity index (χ2n) is 5.68. The van der Waals surface area contributed by atoms with Crippen LogP contribution in [0.15, 0.2) is 48.5 Å². The van der Waals surface area contributed by atoms with Crippen LogP contribution in [-0.2, 0) is 11.2 Å². The van der Waals surface area contributed by atoms with Crippen molar-refractivity contribution in [3.8, 4) is 11.1 Å². The number of unbranched alkanes of at least 4 members (excludes halogenated alkanes) is 1. The molecule has 2 aromatic carbocycles. The van der Waals surface area contributed by atoms with Crippen molar-refractivity contribution in [2.75, 3.05) is 0 Å². The summed E-state index contributed by atoms with van der Waals surface area (Å²) < 4.78 is 0. The van der Waals surface area contributed by atoms with Crippen LogP contribution < -0.4 is 0 Å². The van der Waals surface area contributed by atoms with Gasteiger partial charge < -0.3 is 0 Å². The van der Waals surface area contributed by atoms with E-state index in [0.29, 0.717) is 5.56 Å². The van der Waals surface area contributed by atoms with Crippen LogP contribution in [0.3, 0.4) is 0 Å². The highest BCUT2D eigenvalue weighted by atomic mass is 16.1. The highest BCUT2D eigenvalue weighted by Crippen LogP contribution is 2.21. The molecule has 2 nitrogen and oxygen atoms in total. The lowest BCUT2D eigenvalue weighted by Gasteiger charge is -2.05. The number of hydrogen-bond acceptors (Lipinski definition) is 2. The molecule has 2 heteroatoms. The van der Waals surface area contributed by atoms with Crippen LogP contribution in [0.4, 0.5) is 0 Å². The molecule has 0 atom stereocenters. The van der Waals surface area contributed by atoms with Gasteiger partial charge in [-0.2, -0.15) is 0 Å². The summed E-state index contributed by atoms with van der Waals surface area (Å²) >= 11 is 0. The molecule has 0 radical (unpaired) electrons. The Morgan fingerprint density at radius 3 is 1.91 bits per heavy atom. The van der Waals surface area contributed by atoms with E-state index >= 15 is 0 Å². The van der Waals surface area contributed by atoms with Gasteiger partial charge in [0.25, 0.3) is 0 Å². The Bertz CT molecular complexity index is 636. The zero-order valence-corrected chi connectivity index (χ0v) is 13.3. The van der Waals surface area contributed by atoms with E-state index in [4.69, 9.17) is 0 Å². The normalized spacial score (nSPS) is 10.5. The second-order valence-corrected chi connectivity index (χ2v) is 5.68. The largest absolute Gasteiger partial charge is 0.300 e. The van der Waals surface area contributed by atoms with Crippen molar-refractivity contribution in [3.05, 3.63) is 59.7 Å². The van der Waals surface area contributed by atoms with Gasteiger partial charge in [-0.25, -0.2) is 0 Å². The zero-order valence-electron chi connectivity index (χ0n) is 13.3. The molecule has 0 aliphatic carbocycles. The van der Waals surface area contributed by atoms with Crippen LogP contribution in [0.25, 0.3) is 11.1 Å². The van der Waals surface area contributed by atoms with Gasteiger partial charge in [-0.1, -0.05) is 61.9 Å². The van der Waals surface area contributed by atoms with Crippen LogP contribution >= 0.6 is 0 Å². The molecule has 0 aromatic heterocycles. The van der Waals surface area contributed by atoms with E-state index in [-0.39, 0.29) is 18.0 Å². The maximum absolute atomic E-state index is 11.8. The fourth-order valence-electron chi connectivity index (χ4n) is 2.42. The first kappa shape index (κ1) is 16.2. The fraction of sp³-hybridized carbons (Fsp3) is 0.300. The lowest BCUT2D eigenvalue weighted by Crippen LogP contribution is -2.04. The van der Waals surface area contributed by atoms with Crippen LogP contribution in [0.2, 0.25) is 0 Å². The summed E-state index contributed by atoms with van der Waals surface area (Å²) in [7, 11) is 0. The lowest BCUT2D eigenvalue weighted by atomic mass is 9.99. The van der Waals surface area contributed by atoms with Crippen molar-refractivity contribution >= 4 is 11.6 Å². The van der Waals surface area contributed by atoms with E-state index in [2.05, 4.69) is 31.2 Å². The molecule has 0 saturated carbocycles. The zero-order chi connectivity index (χ0) is 15.9. The SMILES string of the molecule is CCCCc1ccc(-c2ccc(C(=O)CC(C)=O)cc2)cc1. The Hall–Kier alpha value is -2.22. The van der Waals surface area contributed by atoms with Crippen LogP contribution in [-0.4, -0.2) is 11.6 Å². The average molecular weight is 294 g/mol. The third-order valence-electron chi connectivity index (χ3n) is 3.72. The first-order valence-electron chi connectivity index (χ1n) is 7.82. The summed E-state index contributed by atoms with van der Waals surface area (Å²) in [6, 6.07) is 16.1. The Morgan fingerprint density at radius 1 is 0.864 bits per heavy atom. The van der Waals surface area contributed by atoms with Crippen molar-refractivity contribution in [2.24, 2.45) is 0 Å². The second kappa shape index (κ2) is 7.69. The van der Waals surface area contributed by atoms with Crippen molar-refractivity contribution in [1.29, 1.82) is 0 Å². The van der Waals surface area contributed by atoms with E-state index < -0.39 is 0 Å². The topological polar surface area (TPSA) is 34.1 Å². The number of Topliss-reactive ketones (excluding diaryl/α,β-unsaturated/α-hetero) is 2. The van der Waals surface area contributed by atoms with E-state index in [1.54, 1.807) is 12.1 Å². The summed E-state index contributed by atoms with van der Waals surface area (Å²) in [5.41, 5.74) is 4.18. The molecule has 22 heavy (non-hydrogen) atoms. The van der Waals surface area contributed by atoms with Gasteiger partial charge in [0.05, 0.1) is 6.42 Å². The Balaban J connectivity index is 2.09. The fourth-order valence-corrected chi connectivity index (χ4v) is 2.42. The summed E-state index contributed by atoms with van der Waals surface area (Å²) in [5, 5.41) is 0. The van der Waals surface area contributed by atoms with Gasteiger partial charge >= 0.3 is 0 Å². The Labute approximate surface area is 132 Å². The van der Waals surface area contributed by atoms with Crippen molar-refractivity contribution in [2.45, 2.75) is 39.5 Å². The maximum Gasteiger partial charge on any atom is 0.170 e. The standard InChI is InChI=1S/C20H22O2/c1-3-4-5-16-6-8-17(9-7-16)18-10-12-19(13-11-18)20(22)14-15(2)21/h6-13H,3-5,14H2,1-2H3. The summed E-state index contributed by atoms with van der Waals surface area (Å²) in [4.78, 5) is 22.8. The van der Waals surface area contributed by atoms with E-state index in [1.807, 2.05) is 12.1 Å². The molecule has 0 N–H and O–H groups in total. The maximum atomic E-state index is 11.8. The summed E-state index contributed by atoms with van der Waals surface area (Å²) in [6.45, 7) is 3.63. The minimum absolute atomic E-state index is 0.0223. The summed E-state index contributed by atoms with van der Waals surface area (Å²) in [5.74, 6) is -0.217. The first-order chi connectivity index (χ1) is 10.6. The monoisotopic (exact) mass is 294 g/mol. The molecule has 0 spiro atoms. The molecule has 0 aliphatic heterocycles. The number of rotatable bonds is 7. The van der Waals surface area contributed by atoms with Crippen LogP contribution in [0.5, 0.6) is 0 Å². The molecular weight excluding hydrogens is 272 g/mol. The number of aryl methyl sites for hydroxylation is 1. The van der Waals surface area contributed by atoms with Gasteiger partial charge in [-0.3, -0.25) is 9.59 Å². The minimum Gasteiger partial charge on any atom is -0.300 e. The molecule has 0 bridgehead atoms. The molecule has 2 aromatic rings. The van der Waals surface area contributed by atoms with Gasteiger partial charge in [0, 0.05) is 5.56 Å². The smallest absolute Gasteiger partial charge is 0.170 e. The molecule has 114 valence electrons. The predicted molar refractivity (Wildman–Crippen MR) is 90.1 cm³/mol. The molecule has 0 saturated heterocycles. The highest BCUT2D eigenvalue weighted by molar-refractivity contribution is 6.07. The van der Waals surface area contributed by atoms with Crippen molar-refractivity contribution in [1.82, 2.24) is 0 Å². The van der Waals surface area contributed by atoms with E-state index in [9.17, 15) is 9.59 Å². The Kier molecular flexibility index (Phi) is 5.65.